The van der Waals surface area contributed by atoms with Gasteiger partial charge >= 0.3 is 0 Å². The molecule has 1 aromatic heterocycles. The molecular weight excluding hydrogens is 244 g/mol. The summed E-state index contributed by atoms with van der Waals surface area (Å²) in [5.74, 6) is 1.16. The zero-order valence-corrected chi connectivity index (χ0v) is 12.1. The second-order valence-corrected chi connectivity index (χ2v) is 5.31. The van der Waals surface area contributed by atoms with E-state index in [0.29, 0.717) is 6.04 Å². The zero-order chi connectivity index (χ0) is 13.9. The highest BCUT2D eigenvalue weighted by Gasteiger charge is 2.14. The summed E-state index contributed by atoms with van der Waals surface area (Å²) in [7, 11) is 0. The molecule has 0 unspecified atom stereocenters. The van der Waals surface area contributed by atoms with E-state index in [1.54, 1.807) is 0 Å². The molecule has 2 heteroatoms. The fraction of sp³-hybridized carbons (Fsp3) is 0.278. The number of imidazole rings is 1. The van der Waals surface area contributed by atoms with Crippen LogP contribution in [-0.2, 0) is 6.42 Å². The van der Waals surface area contributed by atoms with E-state index in [9.17, 15) is 0 Å². The summed E-state index contributed by atoms with van der Waals surface area (Å²) in [6.07, 6.45) is 2.00. The lowest BCUT2D eigenvalue weighted by Gasteiger charge is -2.16. The molecule has 0 aliphatic heterocycles. The van der Waals surface area contributed by atoms with E-state index in [1.165, 1.54) is 11.1 Å². The van der Waals surface area contributed by atoms with Gasteiger partial charge in [0, 0.05) is 12.5 Å². The van der Waals surface area contributed by atoms with Crippen LogP contribution in [-0.4, -0.2) is 9.55 Å². The minimum Gasteiger partial charge on any atom is -0.325 e. The lowest BCUT2D eigenvalue weighted by atomic mass is 10.1. The maximum absolute atomic E-state index is 4.84. The molecule has 0 aliphatic carbocycles. The van der Waals surface area contributed by atoms with Gasteiger partial charge in [-0.2, -0.15) is 0 Å². The quantitative estimate of drug-likeness (QED) is 0.673. The molecule has 2 nitrogen and oxygen atoms in total. The molecule has 0 spiro atoms. The Balaban J connectivity index is 2.09. The SMILES string of the molecule is CC[C@@H](C)n1c(Cc2ccccc2)nc2ccccc21. The molecule has 0 bridgehead atoms. The minimum absolute atomic E-state index is 0.473. The molecule has 102 valence electrons. The third-order valence-corrected chi connectivity index (χ3v) is 3.91. The smallest absolute Gasteiger partial charge is 0.114 e. The van der Waals surface area contributed by atoms with Crippen molar-refractivity contribution in [1.82, 2.24) is 9.55 Å². The van der Waals surface area contributed by atoms with Crippen LogP contribution in [0, 0.1) is 0 Å². The van der Waals surface area contributed by atoms with Gasteiger partial charge in [-0.3, -0.25) is 0 Å². The van der Waals surface area contributed by atoms with Gasteiger partial charge in [0.2, 0.25) is 0 Å². The fourth-order valence-electron chi connectivity index (χ4n) is 2.67. The van der Waals surface area contributed by atoms with Crippen LogP contribution >= 0.6 is 0 Å². The van der Waals surface area contributed by atoms with E-state index in [1.807, 2.05) is 0 Å². The van der Waals surface area contributed by atoms with Gasteiger partial charge in [0.25, 0.3) is 0 Å². The van der Waals surface area contributed by atoms with E-state index < -0.39 is 0 Å². The highest BCUT2D eigenvalue weighted by molar-refractivity contribution is 5.76. The van der Waals surface area contributed by atoms with Crippen LogP contribution < -0.4 is 0 Å². The predicted molar refractivity (Wildman–Crippen MR) is 84.0 cm³/mol. The fourth-order valence-corrected chi connectivity index (χ4v) is 2.67. The first kappa shape index (κ1) is 12.9. The van der Waals surface area contributed by atoms with E-state index in [0.717, 1.165) is 24.2 Å². The number of rotatable bonds is 4. The molecule has 0 saturated heterocycles. The summed E-state index contributed by atoms with van der Waals surface area (Å²) < 4.78 is 2.39. The molecule has 20 heavy (non-hydrogen) atoms. The van der Waals surface area contributed by atoms with Gasteiger partial charge in [0.15, 0.2) is 0 Å². The summed E-state index contributed by atoms with van der Waals surface area (Å²) in [5, 5.41) is 0. The van der Waals surface area contributed by atoms with Crippen LogP contribution in [0.2, 0.25) is 0 Å². The first-order valence-corrected chi connectivity index (χ1v) is 7.29. The van der Waals surface area contributed by atoms with Crippen molar-refractivity contribution < 1.29 is 0 Å². The monoisotopic (exact) mass is 264 g/mol. The van der Waals surface area contributed by atoms with Crippen LogP contribution in [0.5, 0.6) is 0 Å². The summed E-state index contributed by atoms with van der Waals surface area (Å²) >= 11 is 0. The molecule has 0 fully saturated rings. The molecule has 0 aliphatic rings. The van der Waals surface area contributed by atoms with Crippen LogP contribution in [0.15, 0.2) is 54.6 Å². The number of para-hydroxylation sites is 2. The average molecular weight is 264 g/mol. The average Bonchev–Trinajstić information content (AvgIpc) is 2.85. The van der Waals surface area contributed by atoms with E-state index in [2.05, 4.69) is 73.0 Å². The second-order valence-electron chi connectivity index (χ2n) is 5.31. The third kappa shape index (κ3) is 2.34. The van der Waals surface area contributed by atoms with Gasteiger partial charge in [-0.1, -0.05) is 49.4 Å². The Kier molecular flexibility index (Phi) is 3.55. The Hall–Kier alpha value is -2.09. The van der Waals surface area contributed by atoms with Crippen molar-refractivity contribution in [2.45, 2.75) is 32.7 Å². The maximum Gasteiger partial charge on any atom is 0.114 e. The molecule has 0 amide bonds. The summed E-state index contributed by atoms with van der Waals surface area (Å²) in [6.45, 7) is 4.49. The van der Waals surface area contributed by atoms with Crippen LogP contribution in [0.4, 0.5) is 0 Å². The highest BCUT2D eigenvalue weighted by atomic mass is 15.1. The molecule has 0 saturated carbocycles. The largest absolute Gasteiger partial charge is 0.325 e. The van der Waals surface area contributed by atoms with Crippen LogP contribution in [0.25, 0.3) is 11.0 Å². The summed E-state index contributed by atoms with van der Waals surface area (Å²) in [5.41, 5.74) is 3.65. The molecule has 3 rings (SSSR count). The van der Waals surface area contributed by atoms with Gasteiger partial charge in [0.05, 0.1) is 11.0 Å². The zero-order valence-electron chi connectivity index (χ0n) is 12.1. The lowest BCUT2D eigenvalue weighted by molar-refractivity contribution is 0.526. The van der Waals surface area contributed by atoms with Crippen LogP contribution in [0.3, 0.4) is 0 Å². The predicted octanol–water partition coefficient (Wildman–Crippen LogP) is 4.60. The van der Waals surface area contributed by atoms with Gasteiger partial charge < -0.3 is 4.57 Å². The first-order valence-electron chi connectivity index (χ1n) is 7.29. The molecular formula is C18H20N2. The molecule has 1 atom stereocenters. The van der Waals surface area contributed by atoms with Crippen molar-refractivity contribution in [3.63, 3.8) is 0 Å². The van der Waals surface area contributed by atoms with Gasteiger partial charge in [-0.05, 0) is 31.0 Å². The van der Waals surface area contributed by atoms with Crippen LogP contribution in [0.1, 0.15) is 37.7 Å². The summed E-state index contributed by atoms with van der Waals surface area (Å²) in [4.78, 5) is 4.84. The molecule has 3 aromatic rings. The number of fused-ring (bicyclic) bond motifs is 1. The van der Waals surface area contributed by atoms with E-state index in [-0.39, 0.29) is 0 Å². The second kappa shape index (κ2) is 5.49. The molecule has 0 radical (unpaired) electrons. The van der Waals surface area contributed by atoms with Gasteiger partial charge in [-0.25, -0.2) is 4.98 Å². The van der Waals surface area contributed by atoms with Crippen molar-refractivity contribution in [3.05, 3.63) is 66.0 Å². The molecule has 0 N–H and O–H groups in total. The lowest BCUT2D eigenvalue weighted by Crippen LogP contribution is -2.09. The Bertz CT molecular complexity index is 698. The van der Waals surface area contributed by atoms with Crippen molar-refractivity contribution >= 4 is 11.0 Å². The van der Waals surface area contributed by atoms with Crippen molar-refractivity contribution in [2.75, 3.05) is 0 Å². The van der Waals surface area contributed by atoms with Gasteiger partial charge in [-0.15, -0.1) is 0 Å². The minimum atomic E-state index is 0.473. The van der Waals surface area contributed by atoms with Crippen molar-refractivity contribution in [1.29, 1.82) is 0 Å². The topological polar surface area (TPSA) is 17.8 Å². The molecule has 1 heterocycles. The van der Waals surface area contributed by atoms with Crippen molar-refractivity contribution in [2.24, 2.45) is 0 Å². The Morgan fingerprint density at radius 3 is 2.45 bits per heavy atom. The normalized spacial score (nSPS) is 12.7. The third-order valence-electron chi connectivity index (χ3n) is 3.91. The highest BCUT2D eigenvalue weighted by Crippen LogP contribution is 2.24. The standard InChI is InChI=1S/C18H20N2/c1-3-14(2)20-17-12-8-7-11-16(17)19-18(20)13-15-9-5-4-6-10-15/h4-12,14H,3,13H2,1-2H3/t14-/m1/s1. The number of hydrogen-bond acceptors (Lipinski definition) is 1. The Labute approximate surface area is 120 Å². The maximum atomic E-state index is 4.84. The molecule has 2 aromatic carbocycles. The van der Waals surface area contributed by atoms with Crippen molar-refractivity contribution in [3.8, 4) is 0 Å². The van der Waals surface area contributed by atoms with Gasteiger partial charge in [0.1, 0.15) is 5.82 Å². The number of hydrogen-bond donors (Lipinski definition) is 0. The van der Waals surface area contributed by atoms with E-state index >= 15 is 0 Å². The number of nitrogens with zero attached hydrogens (tertiary/aromatic N) is 2. The number of aromatic nitrogens is 2. The Morgan fingerprint density at radius 1 is 1.00 bits per heavy atom. The summed E-state index contributed by atoms with van der Waals surface area (Å²) in [6, 6.07) is 19.5. The number of benzene rings is 2. The Morgan fingerprint density at radius 2 is 1.70 bits per heavy atom. The first-order chi connectivity index (χ1) is 9.79. The van der Waals surface area contributed by atoms with E-state index in [4.69, 9.17) is 4.98 Å².